The van der Waals surface area contributed by atoms with E-state index in [-0.39, 0.29) is 11.8 Å². The summed E-state index contributed by atoms with van der Waals surface area (Å²) in [5, 5.41) is 0. The molecule has 0 radical (unpaired) electrons. The summed E-state index contributed by atoms with van der Waals surface area (Å²) in [4.78, 5) is 25.4. The Balaban J connectivity index is 1.48. The zero-order chi connectivity index (χ0) is 13.4. The van der Waals surface area contributed by atoms with Gasteiger partial charge in [-0.2, -0.15) is 0 Å². The van der Waals surface area contributed by atoms with Gasteiger partial charge >= 0.3 is 0 Å². The second-order valence-electron chi connectivity index (χ2n) is 6.70. The number of hydrogen-bond acceptors (Lipinski definition) is 2. The van der Waals surface area contributed by atoms with Crippen molar-refractivity contribution < 1.29 is 9.59 Å². The summed E-state index contributed by atoms with van der Waals surface area (Å²) < 4.78 is 0. The van der Waals surface area contributed by atoms with Crippen LogP contribution in [0.3, 0.4) is 0 Å². The third-order valence-corrected chi connectivity index (χ3v) is 5.57. The number of piperidine rings is 1. The lowest BCUT2D eigenvalue weighted by molar-refractivity contribution is -0.136. The minimum atomic E-state index is -0.208. The predicted octanol–water partition coefficient (Wildman–Crippen LogP) is 1.54. The van der Waals surface area contributed by atoms with Gasteiger partial charge in [0, 0.05) is 25.4 Å². The molecule has 0 aromatic carbocycles. The van der Waals surface area contributed by atoms with Gasteiger partial charge < -0.3 is 10.6 Å². The van der Waals surface area contributed by atoms with Crippen molar-refractivity contribution in [1.82, 2.24) is 4.90 Å². The molecule has 3 fully saturated rings. The highest BCUT2D eigenvalue weighted by atomic mass is 16.2. The number of amides is 2. The largest absolute Gasteiger partial charge is 0.369 e. The Morgan fingerprint density at radius 1 is 1.05 bits per heavy atom. The van der Waals surface area contributed by atoms with Gasteiger partial charge in [-0.15, -0.1) is 0 Å². The number of likely N-dealkylation sites (tertiary alicyclic amines) is 1. The Morgan fingerprint density at radius 2 is 1.79 bits per heavy atom. The van der Waals surface area contributed by atoms with E-state index < -0.39 is 0 Å². The van der Waals surface area contributed by atoms with Crippen molar-refractivity contribution in [3.63, 3.8) is 0 Å². The van der Waals surface area contributed by atoms with E-state index in [9.17, 15) is 9.59 Å². The third-order valence-electron chi connectivity index (χ3n) is 5.57. The highest BCUT2D eigenvalue weighted by Gasteiger charge is 2.40. The van der Waals surface area contributed by atoms with E-state index in [1.165, 1.54) is 25.7 Å². The first-order chi connectivity index (χ1) is 9.13. The number of nitrogens with zero attached hydrogens (tertiary/aromatic N) is 1. The fraction of sp³-hybridized carbons (Fsp3) is 0.867. The van der Waals surface area contributed by atoms with Crippen LogP contribution in [-0.2, 0) is 9.59 Å². The summed E-state index contributed by atoms with van der Waals surface area (Å²) in [5.74, 6) is 2.44. The van der Waals surface area contributed by atoms with Crippen LogP contribution in [0.4, 0.5) is 0 Å². The van der Waals surface area contributed by atoms with Crippen LogP contribution in [0.1, 0.15) is 44.9 Å². The maximum Gasteiger partial charge on any atom is 0.222 e. The molecule has 4 nitrogen and oxygen atoms in total. The molecule has 2 N–H and O–H groups in total. The Labute approximate surface area is 114 Å². The number of carbonyl (C=O) groups is 2. The van der Waals surface area contributed by atoms with Crippen LogP contribution in [0, 0.1) is 23.7 Å². The summed E-state index contributed by atoms with van der Waals surface area (Å²) in [6, 6.07) is 0. The van der Waals surface area contributed by atoms with Crippen molar-refractivity contribution in [2.24, 2.45) is 29.4 Å². The van der Waals surface area contributed by atoms with Crippen molar-refractivity contribution in [2.75, 3.05) is 13.1 Å². The van der Waals surface area contributed by atoms with E-state index in [0.717, 1.165) is 31.1 Å². The zero-order valence-corrected chi connectivity index (χ0v) is 11.5. The Hall–Kier alpha value is -1.06. The summed E-state index contributed by atoms with van der Waals surface area (Å²) in [5.41, 5.74) is 5.32. The lowest BCUT2D eigenvalue weighted by Crippen LogP contribution is -2.42. The fourth-order valence-corrected chi connectivity index (χ4v) is 4.39. The molecule has 1 aliphatic heterocycles. The van der Waals surface area contributed by atoms with Gasteiger partial charge in [-0.05, 0) is 49.9 Å². The van der Waals surface area contributed by atoms with Gasteiger partial charge in [-0.3, -0.25) is 9.59 Å². The molecule has 106 valence electrons. The van der Waals surface area contributed by atoms with Crippen molar-refractivity contribution >= 4 is 11.8 Å². The first kappa shape index (κ1) is 12.9. The minimum absolute atomic E-state index is 0.0217. The molecule has 3 aliphatic rings. The van der Waals surface area contributed by atoms with Crippen LogP contribution in [0.2, 0.25) is 0 Å². The standard InChI is InChI=1S/C15H24N2O2/c16-15(19)11-3-5-17(6-4-11)14(18)9-13-8-10-1-2-12(13)7-10/h10-13H,1-9H2,(H2,16,19). The van der Waals surface area contributed by atoms with Crippen LogP contribution >= 0.6 is 0 Å². The van der Waals surface area contributed by atoms with Gasteiger partial charge in [0.2, 0.25) is 11.8 Å². The van der Waals surface area contributed by atoms with Crippen molar-refractivity contribution in [3.05, 3.63) is 0 Å². The molecule has 2 bridgehead atoms. The molecule has 1 saturated heterocycles. The zero-order valence-electron chi connectivity index (χ0n) is 11.5. The molecular formula is C15H24N2O2. The van der Waals surface area contributed by atoms with Crippen molar-refractivity contribution in [1.29, 1.82) is 0 Å². The second kappa shape index (κ2) is 5.14. The van der Waals surface area contributed by atoms with Gasteiger partial charge in [-0.1, -0.05) is 6.42 Å². The van der Waals surface area contributed by atoms with E-state index in [1.807, 2.05) is 4.90 Å². The van der Waals surface area contributed by atoms with Gasteiger partial charge in [0.25, 0.3) is 0 Å². The summed E-state index contributed by atoms with van der Waals surface area (Å²) in [6.45, 7) is 1.43. The Kier molecular flexibility index (Phi) is 3.50. The number of nitrogens with two attached hydrogens (primary N) is 1. The molecule has 4 heteroatoms. The smallest absolute Gasteiger partial charge is 0.222 e. The molecule has 1 heterocycles. The normalized spacial score (nSPS) is 34.7. The van der Waals surface area contributed by atoms with E-state index >= 15 is 0 Å². The van der Waals surface area contributed by atoms with Gasteiger partial charge in [0.15, 0.2) is 0 Å². The summed E-state index contributed by atoms with van der Waals surface area (Å²) in [6.07, 6.45) is 7.60. The van der Waals surface area contributed by atoms with E-state index in [1.54, 1.807) is 0 Å². The third kappa shape index (κ3) is 2.63. The predicted molar refractivity (Wildman–Crippen MR) is 72.1 cm³/mol. The van der Waals surface area contributed by atoms with E-state index in [4.69, 9.17) is 5.73 Å². The molecule has 3 unspecified atom stereocenters. The number of carbonyl (C=O) groups excluding carboxylic acids is 2. The average Bonchev–Trinajstić information content (AvgIpc) is 3.01. The first-order valence-electron chi connectivity index (χ1n) is 7.70. The van der Waals surface area contributed by atoms with Crippen LogP contribution in [-0.4, -0.2) is 29.8 Å². The first-order valence-corrected chi connectivity index (χ1v) is 7.70. The number of primary amides is 1. The molecule has 2 saturated carbocycles. The average molecular weight is 264 g/mol. The number of rotatable bonds is 3. The van der Waals surface area contributed by atoms with Crippen LogP contribution in [0.25, 0.3) is 0 Å². The quantitative estimate of drug-likeness (QED) is 0.840. The highest BCUT2D eigenvalue weighted by molar-refractivity contribution is 5.79. The maximum atomic E-state index is 12.3. The Bertz CT molecular complexity index is 374. The molecule has 0 aromatic rings. The van der Waals surface area contributed by atoms with Crippen molar-refractivity contribution in [3.8, 4) is 0 Å². The molecule has 0 aromatic heterocycles. The molecule has 2 aliphatic carbocycles. The lowest BCUT2D eigenvalue weighted by Gasteiger charge is -2.32. The fourth-order valence-electron chi connectivity index (χ4n) is 4.39. The summed E-state index contributed by atoms with van der Waals surface area (Å²) >= 11 is 0. The lowest BCUT2D eigenvalue weighted by atomic mass is 9.86. The molecule has 0 spiro atoms. The van der Waals surface area contributed by atoms with E-state index in [2.05, 4.69) is 0 Å². The van der Waals surface area contributed by atoms with Gasteiger partial charge in [0.1, 0.15) is 0 Å². The van der Waals surface area contributed by atoms with Crippen LogP contribution < -0.4 is 5.73 Å². The second-order valence-corrected chi connectivity index (χ2v) is 6.70. The molecule has 19 heavy (non-hydrogen) atoms. The molecule has 3 atom stereocenters. The summed E-state index contributed by atoms with van der Waals surface area (Å²) in [7, 11) is 0. The van der Waals surface area contributed by atoms with Crippen LogP contribution in [0.5, 0.6) is 0 Å². The van der Waals surface area contributed by atoms with Crippen molar-refractivity contribution in [2.45, 2.75) is 44.9 Å². The van der Waals surface area contributed by atoms with Crippen LogP contribution in [0.15, 0.2) is 0 Å². The molecule has 2 amide bonds. The topological polar surface area (TPSA) is 63.4 Å². The van der Waals surface area contributed by atoms with Gasteiger partial charge in [0.05, 0.1) is 0 Å². The highest BCUT2D eigenvalue weighted by Crippen LogP contribution is 2.49. The van der Waals surface area contributed by atoms with Gasteiger partial charge in [-0.25, -0.2) is 0 Å². The maximum absolute atomic E-state index is 12.3. The minimum Gasteiger partial charge on any atom is -0.369 e. The molecular weight excluding hydrogens is 240 g/mol. The Morgan fingerprint density at radius 3 is 2.32 bits per heavy atom. The SMILES string of the molecule is NC(=O)C1CCN(C(=O)CC2CC3CCC2C3)CC1. The number of fused-ring (bicyclic) bond motifs is 2. The monoisotopic (exact) mass is 264 g/mol. The molecule has 3 rings (SSSR count). The number of hydrogen-bond donors (Lipinski definition) is 1. The van der Waals surface area contributed by atoms with E-state index in [0.29, 0.717) is 24.9 Å².